The van der Waals surface area contributed by atoms with Gasteiger partial charge in [0.05, 0.1) is 11.1 Å². The van der Waals surface area contributed by atoms with Gasteiger partial charge in [-0.05, 0) is 46.3 Å². The first-order chi connectivity index (χ1) is 10.1. The highest BCUT2D eigenvalue weighted by Gasteiger charge is 2.11. The van der Waals surface area contributed by atoms with Crippen molar-refractivity contribution in [2.45, 2.75) is 0 Å². The van der Waals surface area contributed by atoms with Crippen molar-refractivity contribution >= 4 is 44.1 Å². The highest BCUT2D eigenvalue weighted by Crippen LogP contribution is 2.24. The summed E-state index contributed by atoms with van der Waals surface area (Å²) in [4.78, 5) is 16.7. The Morgan fingerprint density at radius 2 is 1.95 bits per heavy atom. The average molecular weight is 342 g/mol. The quantitative estimate of drug-likeness (QED) is 0.696. The number of carbonyl (C=O) groups is 1. The van der Waals surface area contributed by atoms with Gasteiger partial charge in [0.1, 0.15) is 0 Å². The van der Waals surface area contributed by atoms with Gasteiger partial charge in [0.15, 0.2) is 0 Å². The fourth-order valence-electron chi connectivity index (χ4n) is 2.09. The summed E-state index contributed by atoms with van der Waals surface area (Å²) >= 11 is 3.34. The van der Waals surface area contributed by atoms with Crippen LogP contribution in [0.3, 0.4) is 0 Å². The van der Waals surface area contributed by atoms with Crippen LogP contribution < -0.4 is 11.1 Å². The van der Waals surface area contributed by atoms with E-state index in [0.717, 1.165) is 9.86 Å². The number of benzene rings is 2. The molecule has 0 aliphatic carbocycles. The van der Waals surface area contributed by atoms with Crippen molar-refractivity contribution in [3.8, 4) is 0 Å². The van der Waals surface area contributed by atoms with Gasteiger partial charge in [0.25, 0.3) is 5.91 Å². The lowest BCUT2D eigenvalue weighted by atomic mass is 10.1. The summed E-state index contributed by atoms with van der Waals surface area (Å²) in [6.07, 6.45) is 1.68. The lowest BCUT2D eigenvalue weighted by Crippen LogP contribution is -2.12. The Bertz CT molecular complexity index is 827. The molecule has 0 aliphatic heterocycles. The third-order valence-electron chi connectivity index (χ3n) is 3.14. The molecule has 3 aromatic rings. The molecule has 0 unspecified atom stereocenters. The average Bonchev–Trinajstić information content (AvgIpc) is 2.50. The molecule has 5 heteroatoms. The van der Waals surface area contributed by atoms with E-state index in [9.17, 15) is 4.79 Å². The number of hydrogen-bond donors (Lipinski definition) is 2. The number of nitrogens with zero attached hydrogens (tertiary/aromatic N) is 1. The first kappa shape index (κ1) is 13.6. The van der Waals surface area contributed by atoms with Crippen molar-refractivity contribution in [3.63, 3.8) is 0 Å². The summed E-state index contributed by atoms with van der Waals surface area (Å²) in [5, 5.41) is 3.79. The van der Waals surface area contributed by atoms with Gasteiger partial charge in [-0.3, -0.25) is 9.78 Å². The first-order valence-electron chi connectivity index (χ1n) is 6.35. The van der Waals surface area contributed by atoms with Gasteiger partial charge >= 0.3 is 0 Å². The Hall–Kier alpha value is -2.40. The second-order valence-electron chi connectivity index (χ2n) is 4.57. The minimum Gasteiger partial charge on any atom is -0.398 e. The zero-order valence-electron chi connectivity index (χ0n) is 11.0. The largest absolute Gasteiger partial charge is 0.398 e. The molecule has 0 aliphatic rings. The summed E-state index contributed by atoms with van der Waals surface area (Å²) in [7, 11) is 0. The maximum atomic E-state index is 12.4. The van der Waals surface area contributed by atoms with E-state index in [-0.39, 0.29) is 5.91 Å². The third-order valence-corrected chi connectivity index (χ3v) is 3.82. The van der Waals surface area contributed by atoms with Crippen LogP contribution in [0.1, 0.15) is 10.4 Å². The fourth-order valence-corrected chi connectivity index (χ4v) is 2.47. The second kappa shape index (κ2) is 5.54. The predicted molar refractivity (Wildman–Crippen MR) is 88.3 cm³/mol. The van der Waals surface area contributed by atoms with Crippen LogP contribution in [0.2, 0.25) is 0 Å². The number of carbonyl (C=O) groups excluding carboxylic acids is 1. The topological polar surface area (TPSA) is 68.0 Å². The molecule has 21 heavy (non-hydrogen) atoms. The van der Waals surface area contributed by atoms with Crippen molar-refractivity contribution in [3.05, 3.63) is 64.8 Å². The molecule has 1 heterocycles. The van der Waals surface area contributed by atoms with Gasteiger partial charge < -0.3 is 11.1 Å². The highest BCUT2D eigenvalue weighted by atomic mass is 79.9. The number of hydrogen-bond acceptors (Lipinski definition) is 3. The molecule has 0 atom stereocenters. The predicted octanol–water partition coefficient (Wildman–Crippen LogP) is 3.83. The van der Waals surface area contributed by atoms with Crippen molar-refractivity contribution in [1.29, 1.82) is 0 Å². The van der Waals surface area contributed by atoms with Gasteiger partial charge in [-0.2, -0.15) is 0 Å². The van der Waals surface area contributed by atoms with Crippen LogP contribution in [0.4, 0.5) is 11.4 Å². The molecule has 0 saturated heterocycles. The van der Waals surface area contributed by atoms with Crippen molar-refractivity contribution in [2.24, 2.45) is 0 Å². The van der Waals surface area contributed by atoms with Gasteiger partial charge in [-0.25, -0.2) is 0 Å². The Labute approximate surface area is 130 Å². The number of aromatic nitrogens is 1. The van der Waals surface area contributed by atoms with Crippen molar-refractivity contribution < 1.29 is 4.79 Å². The molecule has 3 rings (SSSR count). The van der Waals surface area contributed by atoms with Crippen LogP contribution in [-0.2, 0) is 0 Å². The lowest BCUT2D eigenvalue weighted by Gasteiger charge is -2.08. The standard InChI is InChI=1S/C16H12BrN3O/c17-13-9-11(6-7-14(13)18)20-16(21)12-5-1-3-10-4-2-8-19-15(10)12/h1-9H,18H2,(H,20,21). The molecule has 2 aromatic carbocycles. The Kier molecular flexibility index (Phi) is 3.58. The molecule has 104 valence electrons. The van der Waals surface area contributed by atoms with E-state index in [1.807, 2.05) is 24.3 Å². The van der Waals surface area contributed by atoms with Gasteiger partial charge in [0, 0.05) is 27.4 Å². The van der Waals surface area contributed by atoms with E-state index in [1.165, 1.54) is 0 Å². The lowest BCUT2D eigenvalue weighted by molar-refractivity contribution is 0.102. The van der Waals surface area contributed by atoms with Crippen LogP contribution in [0.15, 0.2) is 59.2 Å². The molecule has 0 fully saturated rings. The number of nitrogens with one attached hydrogen (secondary N) is 1. The van der Waals surface area contributed by atoms with Gasteiger partial charge in [-0.15, -0.1) is 0 Å². The number of pyridine rings is 1. The number of nitrogens with two attached hydrogens (primary N) is 1. The number of nitrogen functional groups attached to an aromatic ring is 1. The zero-order valence-corrected chi connectivity index (χ0v) is 12.6. The van der Waals surface area contributed by atoms with E-state index in [1.54, 1.807) is 30.5 Å². The number of halogens is 1. The number of fused-ring (bicyclic) bond motifs is 1. The molecular weight excluding hydrogens is 330 g/mol. The SMILES string of the molecule is Nc1ccc(NC(=O)c2cccc3cccnc23)cc1Br. The highest BCUT2D eigenvalue weighted by molar-refractivity contribution is 9.10. The molecule has 1 amide bonds. The van der Waals surface area contributed by atoms with Gasteiger partial charge in [-0.1, -0.05) is 18.2 Å². The molecule has 0 saturated carbocycles. The number of anilines is 2. The normalized spacial score (nSPS) is 10.5. The minimum atomic E-state index is -0.198. The fraction of sp³-hybridized carbons (Fsp3) is 0. The van der Waals surface area contributed by atoms with Crippen LogP contribution in [-0.4, -0.2) is 10.9 Å². The van der Waals surface area contributed by atoms with E-state index in [2.05, 4.69) is 26.2 Å². The minimum absolute atomic E-state index is 0.198. The van der Waals surface area contributed by atoms with E-state index in [4.69, 9.17) is 5.73 Å². The molecule has 3 N–H and O–H groups in total. The summed E-state index contributed by atoms with van der Waals surface area (Å²) in [5.74, 6) is -0.198. The molecule has 4 nitrogen and oxygen atoms in total. The molecule has 1 aromatic heterocycles. The van der Waals surface area contributed by atoms with Crippen molar-refractivity contribution in [2.75, 3.05) is 11.1 Å². The summed E-state index contributed by atoms with van der Waals surface area (Å²) in [6.45, 7) is 0. The smallest absolute Gasteiger partial charge is 0.257 e. The van der Waals surface area contributed by atoms with E-state index >= 15 is 0 Å². The second-order valence-corrected chi connectivity index (χ2v) is 5.43. The molecule has 0 radical (unpaired) electrons. The number of amides is 1. The van der Waals surface area contributed by atoms with E-state index in [0.29, 0.717) is 22.5 Å². The monoisotopic (exact) mass is 341 g/mol. The number of para-hydroxylation sites is 1. The van der Waals surface area contributed by atoms with Gasteiger partial charge in [0.2, 0.25) is 0 Å². The zero-order chi connectivity index (χ0) is 14.8. The maximum absolute atomic E-state index is 12.4. The van der Waals surface area contributed by atoms with Crippen LogP contribution in [0.25, 0.3) is 10.9 Å². The first-order valence-corrected chi connectivity index (χ1v) is 7.14. The van der Waals surface area contributed by atoms with Crippen LogP contribution in [0.5, 0.6) is 0 Å². The summed E-state index contributed by atoms with van der Waals surface area (Å²) < 4.78 is 0.747. The number of rotatable bonds is 2. The van der Waals surface area contributed by atoms with Crippen LogP contribution >= 0.6 is 15.9 Å². The Morgan fingerprint density at radius 1 is 1.14 bits per heavy atom. The molecule has 0 bridgehead atoms. The maximum Gasteiger partial charge on any atom is 0.257 e. The van der Waals surface area contributed by atoms with E-state index < -0.39 is 0 Å². The Morgan fingerprint density at radius 3 is 2.76 bits per heavy atom. The Balaban J connectivity index is 1.95. The summed E-state index contributed by atoms with van der Waals surface area (Å²) in [5.41, 5.74) is 8.26. The van der Waals surface area contributed by atoms with Crippen LogP contribution in [0, 0.1) is 0 Å². The molecule has 0 spiro atoms. The molecular formula is C16H12BrN3O. The third kappa shape index (κ3) is 2.73. The van der Waals surface area contributed by atoms with Crippen molar-refractivity contribution in [1.82, 2.24) is 4.98 Å². The summed E-state index contributed by atoms with van der Waals surface area (Å²) in [6, 6.07) is 14.6.